The number of aryl methyl sites for hydroxylation is 1. The van der Waals surface area contributed by atoms with Gasteiger partial charge < -0.3 is 5.73 Å². The molecular formula is C16H17F2N. The molecule has 0 fully saturated rings. The second-order valence-corrected chi connectivity index (χ2v) is 4.52. The highest BCUT2D eigenvalue weighted by molar-refractivity contribution is 5.32. The Balaban J connectivity index is 2.20. The molecule has 1 atom stereocenters. The van der Waals surface area contributed by atoms with E-state index >= 15 is 0 Å². The van der Waals surface area contributed by atoms with Crippen LogP contribution in [-0.4, -0.2) is 6.54 Å². The van der Waals surface area contributed by atoms with E-state index < -0.39 is 6.17 Å². The highest BCUT2D eigenvalue weighted by Gasteiger charge is 2.14. The molecule has 0 aliphatic carbocycles. The first-order valence-electron chi connectivity index (χ1n) is 6.40. The molecule has 100 valence electrons. The number of alkyl halides is 1. The molecule has 2 rings (SSSR count). The predicted octanol–water partition coefficient (Wildman–Crippen LogP) is 3.78. The summed E-state index contributed by atoms with van der Waals surface area (Å²) in [5, 5.41) is 0. The van der Waals surface area contributed by atoms with Crippen LogP contribution in [0.1, 0.15) is 29.3 Å². The molecule has 0 heterocycles. The fourth-order valence-electron chi connectivity index (χ4n) is 2.03. The summed E-state index contributed by atoms with van der Waals surface area (Å²) < 4.78 is 28.1. The number of hydrogen-bond acceptors (Lipinski definition) is 1. The van der Waals surface area contributed by atoms with E-state index in [1.54, 1.807) is 36.4 Å². The molecule has 0 saturated carbocycles. The Hall–Kier alpha value is -1.74. The molecule has 0 aromatic heterocycles. The Morgan fingerprint density at radius 2 is 1.74 bits per heavy atom. The highest BCUT2D eigenvalue weighted by Crippen LogP contribution is 2.27. The third kappa shape index (κ3) is 3.38. The lowest BCUT2D eigenvalue weighted by atomic mass is 10.00. The van der Waals surface area contributed by atoms with Crippen LogP contribution < -0.4 is 5.73 Å². The number of nitrogens with two attached hydrogens (primary N) is 1. The van der Waals surface area contributed by atoms with Gasteiger partial charge in [0, 0.05) is 0 Å². The molecule has 1 unspecified atom stereocenters. The van der Waals surface area contributed by atoms with Crippen LogP contribution in [0, 0.1) is 5.82 Å². The van der Waals surface area contributed by atoms with Crippen LogP contribution in [0.3, 0.4) is 0 Å². The van der Waals surface area contributed by atoms with Gasteiger partial charge in [-0.05, 0) is 42.1 Å². The van der Waals surface area contributed by atoms with E-state index in [1.807, 2.05) is 6.07 Å². The molecule has 0 amide bonds. The highest BCUT2D eigenvalue weighted by atomic mass is 19.1. The average molecular weight is 261 g/mol. The van der Waals surface area contributed by atoms with Crippen molar-refractivity contribution in [1.29, 1.82) is 0 Å². The van der Waals surface area contributed by atoms with Gasteiger partial charge in [-0.1, -0.05) is 42.5 Å². The molecule has 19 heavy (non-hydrogen) atoms. The van der Waals surface area contributed by atoms with E-state index in [0.717, 1.165) is 6.42 Å². The number of halogens is 2. The third-order valence-electron chi connectivity index (χ3n) is 3.11. The minimum absolute atomic E-state index is 0.347. The molecule has 2 aromatic carbocycles. The summed E-state index contributed by atoms with van der Waals surface area (Å²) >= 11 is 0. The van der Waals surface area contributed by atoms with Crippen molar-refractivity contribution in [3.05, 3.63) is 71.0 Å². The largest absolute Gasteiger partial charge is 0.330 e. The maximum atomic E-state index is 14.2. The fraction of sp³-hybridized carbons (Fsp3) is 0.250. The zero-order chi connectivity index (χ0) is 13.7. The van der Waals surface area contributed by atoms with Crippen molar-refractivity contribution in [2.75, 3.05) is 6.54 Å². The van der Waals surface area contributed by atoms with Crippen LogP contribution in [0.15, 0.2) is 48.5 Å². The summed E-state index contributed by atoms with van der Waals surface area (Å²) in [6.07, 6.45) is 0.0260. The van der Waals surface area contributed by atoms with Crippen molar-refractivity contribution in [3.8, 4) is 0 Å². The van der Waals surface area contributed by atoms with Gasteiger partial charge in [-0.3, -0.25) is 0 Å². The van der Waals surface area contributed by atoms with Gasteiger partial charge in [-0.2, -0.15) is 0 Å². The number of benzene rings is 2. The van der Waals surface area contributed by atoms with Crippen molar-refractivity contribution < 1.29 is 8.78 Å². The molecule has 0 aliphatic rings. The van der Waals surface area contributed by atoms with Crippen LogP contribution in [0.2, 0.25) is 0 Å². The second-order valence-electron chi connectivity index (χ2n) is 4.52. The lowest BCUT2D eigenvalue weighted by Crippen LogP contribution is -2.02. The molecule has 2 N–H and O–H groups in total. The zero-order valence-corrected chi connectivity index (χ0v) is 10.7. The van der Waals surface area contributed by atoms with Gasteiger partial charge in [0.2, 0.25) is 0 Å². The molecule has 0 bridgehead atoms. The van der Waals surface area contributed by atoms with Crippen LogP contribution in [0.25, 0.3) is 0 Å². The minimum Gasteiger partial charge on any atom is -0.330 e. The molecule has 0 spiro atoms. The van der Waals surface area contributed by atoms with E-state index in [9.17, 15) is 8.78 Å². The van der Waals surface area contributed by atoms with Crippen LogP contribution in [0.4, 0.5) is 8.78 Å². The normalized spacial score (nSPS) is 12.4. The molecule has 0 aliphatic heterocycles. The lowest BCUT2D eigenvalue weighted by Gasteiger charge is -2.10. The Kier molecular flexibility index (Phi) is 4.63. The van der Waals surface area contributed by atoms with Gasteiger partial charge in [0.1, 0.15) is 5.82 Å². The fourth-order valence-corrected chi connectivity index (χ4v) is 2.03. The van der Waals surface area contributed by atoms with Gasteiger partial charge in [-0.25, -0.2) is 8.78 Å². The van der Waals surface area contributed by atoms with E-state index in [4.69, 9.17) is 5.73 Å². The van der Waals surface area contributed by atoms with E-state index in [2.05, 4.69) is 0 Å². The lowest BCUT2D eigenvalue weighted by molar-refractivity contribution is 0.400. The maximum absolute atomic E-state index is 14.2. The molecule has 2 aromatic rings. The van der Waals surface area contributed by atoms with Crippen molar-refractivity contribution in [2.24, 2.45) is 5.73 Å². The summed E-state index contributed by atoms with van der Waals surface area (Å²) in [4.78, 5) is 0. The Labute approximate surface area is 112 Å². The van der Waals surface area contributed by atoms with Gasteiger partial charge >= 0.3 is 0 Å². The number of hydrogen-bond donors (Lipinski definition) is 1. The average Bonchev–Trinajstić information content (AvgIpc) is 2.46. The quantitative estimate of drug-likeness (QED) is 0.871. The molecule has 0 radical (unpaired) electrons. The summed E-state index contributed by atoms with van der Waals surface area (Å²) in [5.74, 6) is -0.357. The molecular weight excluding hydrogens is 244 g/mol. The Bertz CT molecular complexity index is 526. The topological polar surface area (TPSA) is 26.0 Å². The molecule has 3 heteroatoms. The smallest absolute Gasteiger partial charge is 0.150 e. The summed E-state index contributed by atoms with van der Waals surface area (Å²) in [6, 6.07) is 13.3. The maximum Gasteiger partial charge on any atom is 0.150 e. The SMILES string of the molecule is NCCCc1ccc(C(F)c2ccccc2)cc1F. The van der Waals surface area contributed by atoms with E-state index in [0.29, 0.717) is 29.7 Å². The van der Waals surface area contributed by atoms with Crippen molar-refractivity contribution in [3.63, 3.8) is 0 Å². The number of rotatable bonds is 5. The van der Waals surface area contributed by atoms with Gasteiger partial charge in [0.25, 0.3) is 0 Å². The standard InChI is InChI=1S/C16H17F2N/c17-15-11-14(9-8-12(15)7-4-10-19)16(18)13-5-2-1-3-6-13/h1-3,5-6,8-9,11,16H,4,7,10,19H2. The van der Waals surface area contributed by atoms with Crippen molar-refractivity contribution >= 4 is 0 Å². The first-order valence-corrected chi connectivity index (χ1v) is 6.40. The summed E-state index contributed by atoms with van der Waals surface area (Å²) in [5.41, 5.74) is 6.88. The zero-order valence-electron chi connectivity index (χ0n) is 10.7. The van der Waals surface area contributed by atoms with Crippen molar-refractivity contribution in [2.45, 2.75) is 19.0 Å². The van der Waals surface area contributed by atoms with Crippen molar-refractivity contribution in [1.82, 2.24) is 0 Å². The van der Waals surface area contributed by atoms with E-state index in [-0.39, 0.29) is 5.82 Å². The summed E-state index contributed by atoms with van der Waals surface area (Å²) in [7, 11) is 0. The minimum atomic E-state index is -1.29. The first-order chi connectivity index (χ1) is 9.22. The molecule has 1 nitrogen and oxygen atoms in total. The first kappa shape index (κ1) is 13.7. The van der Waals surface area contributed by atoms with E-state index in [1.165, 1.54) is 6.07 Å². The second kappa shape index (κ2) is 6.43. The van der Waals surface area contributed by atoms with Gasteiger partial charge in [-0.15, -0.1) is 0 Å². The van der Waals surface area contributed by atoms with Crippen LogP contribution >= 0.6 is 0 Å². The Morgan fingerprint density at radius 3 is 2.37 bits per heavy atom. The van der Waals surface area contributed by atoms with Gasteiger partial charge in [0.05, 0.1) is 0 Å². The predicted molar refractivity (Wildman–Crippen MR) is 73.2 cm³/mol. The third-order valence-corrected chi connectivity index (χ3v) is 3.11. The van der Waals surface area contributed by atoms with Gasteiger partial charge in [0.15, 0.2) is 6.17 Å². The van der Waals surface area contributed by atoms with Crippen LogP contribution in [0.5, 0.6) is 0 Å². The summed E-state index contributed by atoms with van der Waals surface area (Å²) in [6.45, 7) is 0.525. The monoisotopic (exact) mass is 261 g/mol. The Morgan fingerprint density at radius 1 is 1.00 bits per heavy atom. The van der Waals surface area contributed by atoms with Crippen LogP contribution in [-0.2, 0) is 6.42 Å². The molecule has 0 saturated heterocycles.